The average molecular weight is 545 g/mol. The largest absolute Gasteiger partial charge is 0.510 e. The molecule has 210 valence electrons. The van der Waals surface area contributed by atoms with E-state index in [0.717, 1.165) is 0 Å². The summed E-state index contributed by atoms with van der Waals surface area (Å²) in [6, 6.07) is 0.928. The first-order chi connectivity index (χ1) is 18.2. The normalized spacial score (nSPS) is 30.1. The minimum atomic E-state index is -2.99. The highest BCUT2D eigenvalue weighted by atomic mass is 16.4. The fourth-order valence-corrected chi connectivity index (χ4v) is 6.13. The number of nitrogens with zero attached hydrogens (tertiary/aromatic N) is 1. The predicted octanol–water partition coefficient (Wildman–Crippen LogP) is 0.184. The van der Waals surface area contributed by atoms with Crippen LogP contribution in [0.25, 0.3) is 0 Å². The number of anilines is 1. The molecule has 0 radical (unpaired) electrons. The van der Waals surface area contributed by atoms with Crippen molar-refractivity contribution in [3.63, 3.8) is 0 Å². The van der Waals surface area contributed by atoms with Gasteiger partial charge in [-0.05, 0) is 38.1 Å². The Labute approximate surface area is 223 Å². The number of ketones is 2. The zero-order valence-corrected chi connectivity index (χ0v) is 21.8. The number of rotatable bonds is 5. The lowest BCUT2D eigenvalue weighted by atomic mass is 9.55. The van der Waals surface area contributed by atoms with Gasteiger partial charge in [0.25, 0.3) is 5.91 Å². The van der Waals surface area contributed by atoms with E-state index in [-0.39, 0.29) is 11.3 Å². The van der Waals surface area contributed by atoms with Gasteiger partial charge in [-0.25, -0.2) is 4.79 Å². The molecule has 13 heteroatoms. The number of aliphatic hydroxyl groups is 4. The molecule has 3 aliphatic rings. The summed E-state index contributed by atoms with van der Waals surface area (Å²) in [5, 5.41) is 61.5. The maximum absolute atomic E-state index is 13.8. The number of aromatic hydroxyl groups is 1. The topological polar surface area (TPSA) is 223 Å². The SMILES string of the molecule is CCCNC(=O)Nc1ccc2c(c1O)C(=O)C1=C(O)[C@]3(O)C(=O)C(C(N)=O)=C(O)[C@@H](N(C)C)[C@@H]3[C@H](O)[C@H]1[C@H]2C. The maximum atomic E-state index is 13.8. The van der Waals surface area contributed by atoms with Gasteiger partial charge < -0.3 is 41.9 Å². The molecule has 1 aromatic carbocycles. The summed E-state index contributed by atoms with van der Waals surface area (Å²) in [5.41, 5.74) is 0.743. The molecule has 0 fully saturated rings. The summed E-state index contributed by atoms with van der Waals surface area (Å²) in [4.78, 5) is 52.8. The van der Waals surface area contributed by atoms with E-state index in [0.29, 0.717) is 18.5 Å². The molecule has 0 bridgehead atoms. The van der Waals surface area contributed by atoms with E-state index in [2.05, 4.69) is 10.6 Å². The summed E-state index contributed by atoms with van der Waals surface area (Å²) in [6.07, 6.45) is -1.01. The Morgan fingerprint density at radius 2 is 1.79 bits per heavy atom. The molecule has 0 aliphatic heterocycles. The van der Waals surface area contributed by atoms with Gasteiger partial charge in [-0.3, -0.25) is 19.3 Å². The number of likely N-dealkylation sites (N-methyl/N-ethyl adjacent to an activating group) is 1. The summed E-state index contributed by atoms with van der Waals surface area (Å²) in [5.74, 6) is -9.80. The Morgan fingerprint density at radius 3 is 2.36 bits per heavy atom. The molecule has 0 heterocycles. The lowest BCUT2D eigenvalue weighted by molar-refractivity contribution is -0.162. The Bertz CT molecular complexity index is 1350. The van der Waals surface area contributed by atoms with Crippen LogP contribution in [0.5, 0.6) is 5.75 Å². The van der Waals surface area contributed by atoms with Crippen LogP contribution in [0.3, 0.4) is 0 Å². The Balaban J connectivity index is 1.92. The van der Waals surface area contributed by atoms with Crippen LogP contribution in [0, 0.1) is 11.8 Å². The molecule has 0 saturated carbocycles. The number of urea groups is 1. The first kappa shape index (κ1) is 28.1. The van der Waals surface area contributed by atoms with Crippen molar-refractivity contribution in [2.24, 2.45) is 17.6 Å². The minimum Gasteiger partial charge on any atom is -0.510 e. The molecule has 13 nitrogen and oxygen atoms in total. The number of phenolic OH excluding ortho intramolecular Hbond substituents is 1. The van der Waals surface area contributed by atoms with Crippen molar-refractivity contribution in [3.8, 4) is 5.75 Å². The highest BCUT2D eigenvalue weighted by molar-refractivity contribution is 6.25. The van der Waals surface area contributed by atoms with Crippen LogP contribution in [-0.2, 0) is 9.59 Å². The van der Waals surface area contributed by atoms with Crippen LogP contribution in [-0.4, -0.2) is 92.3 Å². The van der Waals surface area contributed by atoms with E-state index in [4.69, 9.17) is 5.73 Å². The summed E-state index contributed by atoms with van der Waals surface area (Å²) in [7, 11) is 2.93. The molecular weight excluding hydrogens is 512 g/mol. The molecule has 0 aromatic heterocycles. The Morgan fingerprint density at radius 1 is 1.15 bits per heavy atom. The number of benzene rings is 1. The molecule has 0 spiro atoms. The number of fused-ring (bicyclic) bond motifs is 3. The summed E-state index contributed by atoms with van der Waals surface area (Å²) >= 11 is 0. The number of aliphatic hydroxyl groups excluding tert-OH is 3. The molecule has 3 aliphatic carbocycles. The van der Waals surface area contributed by atoms with E-state index < -0.39 is 87.4 Å². The molecule has 3 amide bonds. The first-order valence-electron chi connectivity index (χ1n) is 12.4. The molecule has 0 saturated heterocycles. The molecule has 4 rings (SSSR count). The third-order valence-corrected chi connectivity index (χ3v) is 7.92. The number of Topliss-reactive ketones (excluding diaryl/α,β-unsaturated/α-hetero) is 2. The van der Waals surface area contributed by atoms with E-state index in [9.17, 15) is 44.7 Å². The minimum absolute atomic E-state index is 0.0975. The van der Waals surface area contributed by atoms with Crippen molar-refractivity contribution in [3.05, 3.63) is 45.9 Å². The van der Waals surface area contributed by atoms with Crippen LogP contribution in [0.2, 0.25) is 0 Å². The highest BCUT2D eigenvalue weighted by Crippen LogP contribution is 2.56. The number of hydrogen-bond donors (Lipinski definition) is 8. The molecule has 6 atom stereocenters. The van der Waals surface area contributed by atoms with Crippen LogP contribution in [0.4, 0.5) is 10.5 Å². The van der Waals surface area contributed by atoms with Gasteiger partial charge in [0.2, 0.25) is 5.78 Å². The number of carbonyl (C=O) groups is 4. The second-order valence-electron chi connectivity index (χ2n) is 10.4. The third-order valence-electron chi connectivity index (χ3n) is 7.92. The fourth-order valence-electron chi connectivity index (χ4n) is 6.13. The van der Waals surface area contributed by atoms with Crippen molar-refractivity contribution < 1.29 is 44.7 Å². The molecule has 9 N–H and O–H groups in total. The summed E-state index contributed by atoms with van der Waals surface area (Å²) in [6.45, 7) is 3.84. The zero-order valence-electron chi connectivity index (χ0n) is 21.8. The maximum Gasteiger partial charge on any atom is 0.319 e. The monoisotopic (exact) mass is 544 g/mol. The van der Waals surface area contributed by atoms with Crippen LogP contribution >= 0.6 is 0 Å². The second-order valence-corrected chi connectivity index (χ2v) is 10.4. The van der Waals surface area contributed by atoms with Crippen LogP contribution in [0.1, 0.15) is 42.1 Å². The Kier molecular flexibility index (Phi) is 6.96. The third kappa shape index (κ3) is 3.87. The van der Waals surface area contributed by atoms with Crippen molar-refractivity contribution in [2.75, 3.05) is 26.0 Å². The molecule has 0 unspecified atom stereocenters. The van der Waals surface area contributed by atoms with Gasteiger partial charge in [-0.2, -0.15) is 0 Å². The number of phenols is 1. The van der Waals surface area contributed by atoms with Gasteiger partial charge in [0.05, 0.1) is 29.3 Å². The smallest absolute Gasteiger partial charge is 0.319 e. The molecule has 1 aromatic rings. The van der Waals surface area contributed by atoms with Gasteiger partial charge >= 0.3 is 6.03 Å². The van der Waals surface area contributed by atoms with Crippen molar-refractivity contribution >= 4 is 29.2 Å². The van der Waals surface area contributed by atoms with Gasteiger partial charge in [0, 0.05) is 18.0 Å². The Hall–Kier alpha value is -3.94. The lowest BCUT2D eigenvalue weighted by Crippen LogP contribution is -2.68. The average Bonchev–Trinajstić information content (AvgIpc) is 2.85. The van der Waals surface area contributed by atoms with Gasteiger partial charge in [0.1, 0.15) is 17.1 Å². The van der Waals surface area contributed by atoms with E-state index in [1.165, 1.54) is 31.1 Å². The van der Waals surface area contributed by atoms with Crippen molar-refractivity contribution in [1.29, 1.82) is 0 Å². The van der Waals surface area contributed by atoms with Crippen molar-refractivity contribution in [2.45, 2.75) is 43.9 Å². The zero-order chi connectivity index (χ0) is 29.1. The number of carbonyl (C=O) groups excluding carboxylic acids is 4. The van der Waals surface area contributed by atoms with Crippen LogP contribution < -0.4 is 16.4 Å². The fraction of sp³-hybridized carbons (Fsp3) is 0.462. The van der Waals surface area contributed by atoms with Crippen LogP contribution in [0.15, 0.2) is 34.8 Å². The van der Waals surface area contributed by atoms with E-state index in [1.807, 2.05) is 6.92 Å². The van der Waals surface area contributed by atoms with Gasteiger partial charge in [0.15, 0.2) is 17.1 Å². The molecule has 39 heavy (non-hydrogen) atoms. The van der Waals surface area contributed by atoms with E-state index in [1.54, 1.807) is 6.92 Å². The standard InChI is InChI=1S/C26H32N4O9/c1-5-8-28-25(38)29-11-7-6-10-9(2)12-14(19(32)13(10)18(11)31)22(35)26(39)16(20(12)33)17(30(3)4)21(34)15(23(26)36)24(27)37/h6-7,9,12,16-17,20,31,33-35,39H,5,8H2,1-4H3,(H2,27,37)(H2,28,29,38)/t9-,12-,16+,17-,20+,26-/m0/s1. The summed E-state index contributed by atoms with van der Waals surface area (Å²) < 4.78 is 0. The van der Waals surface area contributed by atoms with Gasteiger partial charge in [-0.1, -0.05) is 19.9 Å². The predicted molar refractivity (Wildman–Crippen MR) is 137 cm³/mol. The number of primary amides is 1. The number of amides is 3. The van der Waals surface area contributed by atoms with E-state index >= 15 is 0 Å². The lowest BCUT2D eigenvalue weighted by Gasteiger charge is -2.53. The van der Waals surface area contributed by atoms with Crippen molar-refractivity contribution in [1.82, 2.24) is 10.2 Å². The highest BCUT2D eigenvalue weighted by Gasteiger charge is 2.67. The number of hydrogen-bond acceptors (Lipinski definition) is 10. The second kappa shape index (κ2) is 9.67. The number of nitrogens with one attached hydrogen (secondary N) is 2. The first-order valence-corrected chi connectivity index (χ1v) is 12.4. The number of nitrogens with two attached hydrogens (primary N) is 1. The molecular formula is C26H32N4O9. The van der Waals surface area contributed by atoms with Gasteiger partial charge in [-0.15, -0.1) is 0 Å². The quantitative estimate of drug-likeness (QED) is 0.185.